The number of hydrogen-bond acceptors (Lipinski definition) is 5. The molecular formula is C25H17BrN2O4S2. The van der Waals surface area contributed by atoms with Crippen LogP contribution < -0.4 is 9.62 Å². The molecule has 2 N–H and O–H groups in total. The van der Waals surface area contributed by atoms with Gasteiger partial charge in [-0.15, -0.1) is 0 Å². The lowest BCUT2D eigenvalue weighted by molar-refractivity contribution is 0.102. The van der Waals surface area contributed by atoms with Crippen LogP contribution in [0.15, 0.2) is 110 Å². The predicted molar refractivity (Wildman–Crippen MR) is 137 cm³/mol. The van der Waals surface area contributed by atoms with Crippen molar-refractivity contribution < 1.29 is 18.3 Å². The van der Waals surface area contributed by atoms with Crippen molar-refractivity contribution in [1.29, 1.82) is 0 Å². The summed E-state index contributed by atoms with van der Waals surface area (Å²) in [5.41, 5.74) is 1.69. The Kier molecular flexibility index (Phi) is 5.85. The highest BCUT2D eigenvalue weighted by Crippen LogP contribution is 2.50. The van der Waals surface area contributed by atoms with E-state index in [1.165, 1.54) is 46.4 Å². The monoisotopic (exact) mass is 552 g/mol. The summed E-state index contributed by atoms with van der Waals surface area (Å²) in [5.74, 6) is -0.676. The first-order valence-corrected chi connectivity index (χ1v) is 13.2. The SMILES string of the molecule is O=C(Nc1ccc(S(=O)(=O)N2c3ccccc3Sc3ccccc32)cc1)c1cccc(Br)c1O. The second-order valence-corrected chi connectivity index (χ2v) is 11.1. The summed E-state index contributed by atoms with van der Waals surface area (Å²) in [6.07, 6.45) is 0. The van der Waals surface area contributed by atoms with E-state index in [4.69, 9.17) is 0 Å². The fourth-order valence-electron chi connectivity index (χ4n) is 3.64. The lowest BCUT2D eigenvalue weighted by atomic mass is 10.2. The number of anilines is 3. The van der Waals surface area contributed by atoms with Crippen LogP contribution in [0.25, 0.3) is 0 Å². The molecule has 0 radical (unpaired) electrons. The van der Waals surface area contributed by atoms with E-state index in [9.17, 15) is 18.3 Å². The summed E-state index contributed by atoms with van der Waals surface area (Å²) in [5, 5.41) is 12.8. The average molecular weight is 553 g/mol. The number of carbonyl (C=O) groups is 1. The fraction of sp³-hybridized carbons (Fsp3) is 0. The number of amides is 1. The zero-order valence-electron chi connectivity index (χ0n) is 17.5. The summed E-state index contributed by atoms with van der Waals surface area (Å²) in [4.78, 5) is 14.4. The van der Waals surface area contributed by atoms with Crippen molar-refractivity contribution in [3.05, 3.63) is 101 Å². The average Bonchev–Trinajstić information content (AvgIpc) is 2.84. The molecule has 0 spiro atoms. The van der Waals surface area contributed by atoms with Gasteiger partial charge in [-0.3, -0.25) is 4.79 Å². The number of rotatable bonds is 4. The molecule has 1 aliphatic rings. The quantitative estimate of drug-likeness (QED) is 0.306. The molecule has 0 unspecified atom stereocenters. The molecule has 4 aromatic carbocycles. The highest BCUT2D eigenvalue weighted by molar-refractivity contribution is 9.10. The van der Waals surface area contributed by atoms with Gasteiger partial charge >= 0.3 is 0 Å². The van der Waals surface area contributed by atoms with E-state index in [1.54, 1.807) is 24.3 Å². The minimum absolute atomic E-state index is 0.0901. The summed E-state index contributed by atoms with van der Waals surface area (Å²) in [6, 6.07) is 25.5. The maximum absolute atomic E-state index is 13.7. The molecule has 0 atom stereocenters. The van der Waals surface area contributed by atoms with Gasteiger partial charge in [0.2, 0.25) is 0 Å². The van der Waals surface area contributed by atoms with Gasteiger partial charge in [-0.2, -0.15) is 0 Å². The molecule has 0 fully saturated rings. The van der Waals surface area contributed by atoms with Crippen LogP contribution in [0.5, 0.6) is 5.75 Å². The zero-order chi connectivity index (χ0) is 23.9. The normalized spacial score (nSPS) is 12.6. The Hall–Kier alpha value is -3.27. The Bertz CT molecular complexity index is 1480. The molecule has 0 aliphatic carbocycles. The second-order valence-electron chi connectivity index (χ2n) is 7.42. The van der Waals surface area contributed by atoms with Gasteiger partial charge in [0.05, 0.1) is 26.3 Å². The summed E-state index contributed by atoms with van der Waals surface area (Å²) < 4.78 is 29.2. The summed E-state index contributed by atoms with van der Waals surface area (Å²) in [6.45, 7) is 0. The van der Waals surface area contributed by atoms with E-state index in [0.29, 0.717) is 21.5 Å². The Morgan fingerprint density at radius 2 is 1.41 bits per heavy atom. The molecule has 6 nitrogen and oxygen atoms in total. The van der Waals surface area contributed by atoms with Crippen molar-refractivity contribution in [2.45, 2.75) is 14.7 Å². The number of hydrogen-bond donors (Lipinski definition) is 2. The van der Waals surface area contributed by atoms with Crippen molar-refractivity contribution in [1.82, 2.24) is 0 Å². The van der Waals surface area contributed by atoms with Gasteiger partial charge in [0.25, 0.3) is 15.9 Å². The molecule has 1 amide bonds. The summed E-state index contributed by atoms with van der Waals surface area (Å²) >= 11 is 4.72. The van der Waals surface area contributed by atoms with E-state index >= 15 is 0 Å². The largest absolute Gasteiger partial charge is 0.506 e. The van der Waals surface area contributed by atoms with Gasteiger partial charge in [0.15, 0.2) is 0 Å². The van der Waals surface area contributed by atoms with Gasteiger partial charge < -0.3 is 10.4 Å². The van der Waals surface area contributed by atoms with Crippen LogP contribution in [0, 0.1) is 0 Å². The van der Waals surface area contributed by atoms with Crippen LogP contribution in [0.3, 0.4) is 0 Å². The van der Waals surface area contributed by atoms with Gasteiger partial charge in [-0.05, 0) is 76.6 Å². The lowest BCUT2D eigenvalue weighted by Crippen LogP contribution is -2.28. The molecule has 4 aromatic rings. The number of aromatic hydroxyl groups is 1. The smallest absolute Gasteiger partial charge is 0.268 e. The molecule has 0 bridgehead atoms. The zero-order valence-corrected chi connectivity index (χ0v) is 20.7. The number of sulfonamides is 1. The first kappa shape index (κ1) is 22.5. The highest BCUT2D eigenvalue weighted by atomic mass is 79.9. The summed E-state index contributed by atoms with van der Waals surface area (Å²) in [7, 11) is -3.94. The number of halogens is 1. The molecule has 0 saturated carbocycles. The Morgan fingerprint density at radius 3 is 2.03 bits per heavy atom. The Labute approximate surface area is 209 Å². The van der Waals surface area contributed by atoms with E-state index < -0.39 is 15.9 Å². The van der Waals surface area contributed by atoms with Gasteiger partial charge in [-0.25, -0.2) is 12.7 Å². The van der Waals surface area contributed by atoms with Gasteiger partial charge in [-0.1, -0.05) is 42.1 Å². The first-order valence-electron chi connectivity index (χ1n) is 10.2. The van der Waals surface area contributed by atoms with Crippen LogP contribution >= 0.6 is 27.7 Å². The number of benzene rings is 4. The molecule has 5 rings (SSSR count). The minimum Gasteiger partial charge on any atom is -0.506 e. The molecule has 1 aliphatic heterocycles. The first-order chi connectivity index (χ1) is 16.4. The van der Waals surface area contributed by atoms with E-state index in [2.05, 4.69) is 21.2 Å². The standard InChI is InChI=1S/C25H17BrN2O4S2/c26-19-7-5-6-18(24(19)29)25(30)27-16-12-14-17(15-13-16)34(31,32)28-20-8-1-3-10-22(20)33-23-11-4-2-9-21(23)28/h1-15,29H,(H,27,30). The molecule has 1 heterocycles. The molecule has 9 heteroatoms. The van der Waals surface area contributed by atoms with Crippen LogP contribution in [0.2, 0.25) is 0 Å². The Morgan fingerprint density at radius 1 is 0.824 bits per heavy atom. The number of fused-ring (bicyclic) bond motifs is 2. The van der Waals surface area contributed by atoms with Gasteiger partial charge in [0, 0.05) is 15.5 Å². The third-order valence-electron chi connectivity index (χ3n) is 5.27. The molecule has 170 valence electrons. The predicted octanol–water partition coefficient (Wildman–Crippen LogP) is 6.40. The van der Waals surface area contributed by atoms with E-state index in [1.807, 2.05) is 36.4 Å². The highest BCUT2D eigenvalue weighted by Gasteiger charge is 2.33. The van der Waals surface area contributed by atoms with Crippen LogP contribution in [-0.4, -0.2) is 19.4 Å². The number of nitrogens with one attached hydrogen (secondary N) is 1. The van der Waals surface area contributed by atoms with Crippen molar-refractivity contribution in [2.24, 2.45) is 0 Å². The maximum Gasteiger partial charge on any atom is 0.268 e. The van der Waals surface area contributed by atoms with Crippen LogP contribution in [0.1, 0.15) is 10.4 Å². The third-order valence-corrected chi connectivity index (χ3v) is 8.78. The van der Waals surface area contributed by atoms with E-state index in [-0.39, 0.29) is 16.2 Å². The minimum atomic E-state index is -3.94. The number of nitrogens with zero attached hydrogens (tertiary/aromatic N) is 1. The lowest BCUT2D eigenvalue weighted by Gasteiger charge is -2.31. The maximum atomic E-state index is 13.7. The fourth-order valence-corrected chi connectivity index (χ4v) is 6.71. The van der Waals surface area contributed by atoms with Crippen LogP contribution in [-0.2, 0) is 10.0 Å². The number of phenolic OH excluding ortho intramolecular Hbond substituents is 1. The Balaban J connectivity index is 1.47. The molecule has 0 saturated heterocycles. The van der Waals surface area contributed by atoms with E-state index in [0.717, 1.165) is 9.79 Å². The number of para-hydroxylation sites is 3. The third kappa shape index (κ3) is 3.96. The molecule has 0 aromatic heterocycles. The molecule has 34 heavy (non-hydrogen) atoms. The van der Waals surface area contributed by atoms with Crippen molar-refractivity contribution >= 4 is 60.7 Å². The van der Waals surface area contributed by atoms with Crippen LogP contribution in [0.4, 0.5) is 17.1 Å². The van der Waals surface area contributed by atoms with Crippen molar-refractivity contribution in [2.75, 3.05) is 9.62 Å². The number of phenols is 1. The van der Waals surface area contributed by atoms with Crippen molar-refractivity contribution in [3.8, 4) is 5.75 Å². The topological polar surface area (TPSA) is 86.7 Å². The number of carbonyl (C=O) groups excluding carboxylic acids is 1. The molecular weight excluding hydrogens is 536 g/mol. The second kappa shape index (κ2) is 8.83. The van der Waals surface area contributed by atoms with Crippen molar-refractivity contribution in [3.63, 3.8) is 0 Å². The van der Waals surface area contributed by atoms with Gasteiger partial charge in [0.1, 0.15) is 5.75 Å².